The molecule has 1 amide bonds. The summed E-state index contributed by atoms with van der Waals surface area (Å²) in [7, 11) is 2.17. The average molecular weight is 400 g/mol. The van der Waals surface area contributed by atoms with Crippen LogP contribution in [0.3, 0.4) is 0 Å². The summed E-state index contributed by atoms with van der Waals surface area (Å²) in [4.78, 5) is 24.8. The SMILES string of the molecule is C[C@H]1[C@H](NC(=O)c2cc3c(N4CCN(C)CC4)csc3cn2)C2CCN1CC2. The number of hydrogen-bond acceptors (Lipinski definition) is 6. The van der Waals surface area contributed by atoms with Gasteiger partial charge in [-0.25, -0.2) is 4.98 Å². The second kappa shape index (κ2) is 7.28. The average Bonchev–Trinajstić information content (AvgIpc) is 3.15. The fraction of sp³-hybridized carbons (Fsp3) is 0.619. The summed E-state index contributed by atoms with van der Waals surface area (Å²) in [5.74, 6) is 0.581. The standard InChI is InChI=1S/C21H29N5OS/c1-14-20(15-3-5-25(14)6-4-15)23-21(27)17-11-16-18(13-28-19(16)12-22-17)26-9-7-24(2)8-10-26/h11-15,20H,3-10H2,1-2H3,(H,23,27)/t14-,20-/m0/s1. The number of nitrogens with one attached hydrogen (secondary N) is 1. The topological polar surface area (TPSA) is 51.7 Å². The van der Waals surface area contributed by atoms with Gasteiger partial charge in [-0.05, 0) is 51.9 Å². The number of carbonyl (C=O) groups is 1. The number of piperazine rings is 1. The number of amides is 1. The highest BCUT2D eigenvalue weighted by molar-refractivity contribution is 7.17. The zero-order chi connectivity index (χ0) is 19.3. The highest BCUT2D eigenvalue weighted by Gasteiger charge is 2.40. The first-order valence-electron chi connectivity index (χ1n) is 10.5. The highest BCUT2D eigenvalue weighted by Crippen LogP contribution is 2.34. The van der Waals surface area contributed by atoms with Gasteiger partial charge >= 0.3 is 0 Å². The Balaban J connectivity index is 1.37. The van der Waals surface area contributed by atoms with Crippen molar-refractivity contribution in [3.63, 3.8) is 0 Å². The molecule has 1 N–H and O–H groups in total. The van der Waals surface area contributed by atoms with E-state index in [9.17, 15) is 4.79 Å². The molecule has 4 fully saturated rings. The molecule has 28 heavy (non-hydrogen) atoms. The molecule has 0 aliphatic carbocycles. The molecule has 4 saturated heterocycles. The molecular formula is C21H29N5OS. The fourth-order valence-electron chi connectivity index (χ4n) is 5.11. The summed E-state index contributed by atoms with van der Waals surface area (Å²) in [5, 5.41) is 6.70. The van der Waals surface area contributed by atoms with E-state index >= 15 is 0 Å². The molecule has 4 aliphatic heterocycles. The number of hydrogen-bond donors (Lipinski definition) is 1. The molecule has 0 unspecified atom stereocenters. The predicted octanol–water partition coefficient (Wildman–Crippen LogP) is 2.26. The van der Waals surface area contributed by atoms with E-state index in [2.05, 4.69) is 44.4 Å². The third-order valence-corrected chi connectivity index (χ3v) is 7.91. The predicted molar refractivity (Wildman–Crippen MR) is 114 cm³/mol. The lowest BCUT2D eigenvalue weighted by Crippen LogP contribution is -2.62. The number of rotatable bonds is 3. The van der Waals surface area contributed by atoms with E-state index in [-0.39, 0.29) is 11.9 Å². The minimum atomic E-state index is -0.0250. The van der Waals surface area contributed by atoms with Crippen LogP contribution in [0.4, 0.5) is 5.69 Å². The van der Waals surface area contributed by atoms with Crippen molar-refractivity contribution in [2.24, 2.45) is 5.92 Å². The minimum Gasteiger partial charge on any atom is -0.368 e. The third-order valence-electron chi connectivity index (χ3n) is 6.99. The van der Waals surface area contributed by atoms with Gasteiger partial charge in [0.25, 0.3) is 5.91 Å². The molecule has 2 aromatic heterocycles. The molecule has 6 heterocycles. The largest absolute Gasteiger partial charge is 0.368 e. The number of fused-ring (bicyclic) bond motifs is 4. The van der Waals surface area contributed by atoms with Crippen LogP contribution in [0.1, 0.15) is 30.3 Å². The summed E-state index contributed by atoms with van der Waals surface area (Å²) in [5.41, 5.74) is 1.80. The monoisotopic (exact) mass is 399 g/mol. The fourth-order valence-corrected chi connectivity index (χ4v) is 6.03. The highest BCUT2D eigenvalue weighted by atomic mass is 32.1. The molecule has 150 valence electrons. The number of aromatic nitrogens is 1. The van der Waals surface area contributed by atoms with E-state index < -0.39 is 0 Å². The molecule has 2 atom stereocenters. The van der Waals surface area contributed by atoms with Gasteiger partial charge in [0.15, 0.2) is 0 Å². The molecule has 0 saturated carbocycles. The number of thiophene rings is 1. The lowest BCUT2D eigenvalue weighted by atomic mass is 9.79. The summed E-state index contributed by atoms with van der Waals surface area (Å²) < 4.78 is 1.15. The number of piperidine rings is 3. The van der Waals surface area contributed by atoms with Gasteiger partial charge in [0.2, 0.25) is 0 Å². The molecule has 6 nitrogen and oxygen atoms in total. The van der Waals surface area contributed by atoms with Crippen LogP contribution in [0, 0.1) is 5.92 Å². The summed E-state index contributed by atoms with van der Waals surface area (Å²) in [6.45, 7) is 8.81. The third kappa shape index (κ3) is 3.19. The Bertz CT molecular complexity index is 865. The molecule has 2 aromatic rings. The Labute approximate surface area is 170 Å². The molecule has 6 rings (SSSR count). The van der Waals surface area contributed by atoms with E-state index in [0.29, 0.717) is 17.7 Å². The van der Waals surface area contributed by atoms with Gasteiger partial charge in [0.05, 0.1) is 10.4 Å². The van der Waals surface area contributed by atoms with Crippen molar-refractivity contribution in [3.05, 3.63) is 23.3 Å². The van der Waals surface area contributed by atoms with Crippen LogP contribution < -0.4 is 10.2 Å². The molecule has 0 spiro atoms. The quantitative estimate of drug-likeness (QED) is 0.858. The van der Waals surface area contributed by atoms with Crippen molar-refractivity contribution in [1.29, 1.82) is 0 Å². The minimum absolute atomic E-state index is 0.0250. The lowest BCUT2D eigenvalue weighted by molar-refractivity contribution is 0.0216. The molecule has 2 bridgehead atoms. The van der Waals surface area contributed by atoms with Crippen LogP contribution in [-0.4, -0.2) is 79.1 Å². The first kappa shape index (κ1) is 18.3. The maximum atomic E-state index is 13.0. The zero-order valence-corrected chi connectivity index (χ0v) is 17.5. The van der Waals surface area contributed by atoms with Gasteiger partial charge in [-0.15, -0.1) is 11.3 Å². The van der Waals surface area contributed by atoms with Gasteiger partial charge in [-0.3, -0.25) is 9.69 Å². The molecule has 0 radical (unpaired) electrons. The second-order valence-corrected chi connectivity index (χ2v) is 9.50. The molecule has 7 heteroatoms. The zero-order valence-electron chi connectivity index (χ0n) is 16.7. The van der Waals surface area contributed by atoms with Crippen LogP contribution in [0.2, 0.25) is 0 Å². The Kier molecular flexibility index (Phi) is 4.77. The van der Waals surface area contributed by atoms with E-state index in [1.807, 2.05) is 12.3 Å². The van der Waals surface area contributed by atoms with Gasteiger partial charge in [-0.1, -0.05) is 0 Å². The normalized spacial score (nSPS) is 30.7. The number of carbonyl (C=O) groups excluding carboxylic acids is 1. The van der Waals surface area contributed by atoms with E-state index in [1.54, 1.807) is 11.3 Å². The number of pyridine rings is 1. The molecular weight excluding hydrogens is 370 g/mol. The Hall–Kier alpha value is -1.70. The molecule has 4 aliphatic rings. The maximum absolute atomic E-state index is 13.0. The van der Waals surface area contributed by atoms with Crippen LogP contribution in [0.15, 0.2) is 17.6 Å². The van der Waals surface area contributed by atoms with Crippen molar-refractivity contribution in [1.82, 2.24) is 20.1 Å². The van der Waals surface area contributed by atoms with Gasteiger partial charge < -0.3 is 15.1 Å². The Morgan fingerprint density at radius 2 is 1.93 bits per heavy atom. The lowest BCUT2D eigenvalue weighted by Gasteiger charge is -2.49. The second-order valence-electron chi connectivity index (χ2n) is 8.59. The Morgan fingerprint density at radius 1 is 1.18 bits per heavy atom. The summed E-state index contributed by atoms with van der Waals surface area (Å²) in [6.07, 6.45) is 4.26. The van der Waals surface area contributed by atoms with Crippen molar-refractivity contribution in [2.45, 2.75) is 31.8 Å². The molecule has 0 aromatic carbocycles. The van der Waals surface area contributed by atoms with E-state index in [0.717, 1.165) is 36.3 Å². The van der Waals surface area contributed by atoms with Crippen LogP contribution in [0.5, 0.6) is 0 Å². The van der Waals surface area contributed by atoms with E-state index in [4.69, 9.17) is 0 Å². The first-order valence-corrected chi connectivity index (χ1v) is 11.3. The van der Waals surface area contributed by atoms with Crippen molar-refractivity contribution >= 4 is 33.0 Å². The van der Waals surface area contributed by atoms with Crippen LogP contribution in [-0.2, 0) is 0 Å². The number of likely N-dealkylation sites (N-methyl/N-ethyl adjacent to an activating group) is 1. The van der Waals surface area contributed by atoms with Crippen LogP contribution in [0.25, 0.3) is 10.1 Å². The van der Waals surface area contributed by atoms with Gasteiger partial charge in [-0.2, -0.15) is 0 Å². The smallest absolute Gasteiger partial charge is 0.270 e. The van der Waals surface area contributed by atoms with Crippen LogP contribution >= 0.6 is 11.3 Å². The van der Waals surface area contributed by atoms with E-state index in [1.165, 1.54) is 31.6 Å². The van der Waals surface area contributed by atoms with Crippen molar-refractivity contribution in [2.75, 3.05) is 51.2 Å². The Morgan fingerprint density at radius 3 is 2.64 bits per heavy atom. The van der Waals surface area contributed by atoms with Gasteiger partial charge in [0.1, 0.15) is 5.69 Å². The summed E-state index contributed by atoms with van der Waals surface area (Å²) >= 11 is 1.72. The maximum Gasteiger partial charge on any atom is 0.270 e. The van der Waals surface area contributed by atoms with Crippen molar-refractivity contribution < 1.29 is 4.79 Å². The van der Waals surface area contributed by atoms with Crippen molar-refractivity contribution in [3.8, 4) is 0 Å². The summed E-state index contributed by atoms with van der Waals surface area (Å²) in [6, 6.07) is 2.66. The van der Waals surface area contributed by atoms with Gasteiger partial charge in [0, 0.05) is 55.2 Å². The number of anilines is 1. The number of nitrogens with zero attached hydrogens (tertiary/aromatic N) is 4. The first-order chi connectivity index (χ1) is 13.6.